The predicted octanol–water partition coefficient (Wildman–Crippen LogP) is 3.47. The van der Waals surface area contributed by atoms with Crippen LogP contribution in [-0.2, 0) is 17.8 Å². The molecule has 146 valence electrons. The van der Waals surface area contributed by atoms with Gasteiger partial charge in [0, 0.05) is 23.2 Å². The molecule has 4 rings (SSSR count). The van der Waals surface area contributed by atoms with Gasteiger partial charge in [-0.25, -0.2) is 0 Å². The minimum atomic E-state index is -0.321. The first-order chi connectivity index (χ1) is 13.7. The fourth-order valence-electron chi connectivity index (χ4n) is 2.75. The standard InChI is InChI=1S/C19H20N4O3S2/c1-13(18(24)21-14-4-5-16-17(11-14)26-9-8-25-16)28-19-22-20-12-23(19)7-6-15-3-2-10-27-15/h2-5,10-13H,6-9H2,1H3,(H,21,24). The molecular weight excluding hydrogens is 396 g/mol. The zero-order chi connectivity index (χ0) is 19.3. The molecule has 0 bridgehead atoms. The molecule has 0 saturated heterocycles. The molecule has 0 saturated carbocycles. The van der Waals surface area contributed by atoms with Crippen LogP contribution in [0.15, 0.2) is 47.2 Å². The lowest BCUT2D eigenvalue weighted by Crippen LogP contribution is -2.23. The predicted molar refractivity (Wildman–Crippen MR) is 109 cm³/mol. The van der Waals surface area contributed by atoms with Crippen molar-refractivity contribution < 1.29 is 14.3 Å². The van der Waals surface area contributed by atoms with Crippen LogP contribution >= 0.6 is 23.1 Å². The van der Waals surface area contributed by atoms with E-state index < -0.39 is 0 Å². The Balaban J connectivity index is 1.35. The summed E-state index contributed by atoms with van der Waals surface area (Å²) in [5.41, 5.74) is 0.681. The molecule has 7 nitrogen and oxygen atoms in total. The second-order valence-electron chi connectivity index (χ2n) is 6.24. The third-order valence-corrected chi connectivity index (χ3v) is 6.25. The Bertz CT molecular complexity index is 943. The zero-order valence-corrected chi connectivity index (χ0v) is 17.0. The molecule has 0 radical (unpaired) electrons. The molecule has 1 N–H and O–H groups in total. The van der Waals surface area contributed by atoms with E-state index in [-0.39, 0.29) is 11.2 Å². The molecule has 1 aliphatic heterocycles. The molecule has 0 fully saturated rings. The fourth-order valence-corrected chi connectivity index (χ4v) is 4.30. The van der Waals surface area contributed by atoms with Gasteiger partial charge in [-0.05, 0) is 36.9 Å². The lowest BCUT2D eigenvalue weighted by molar-refractivity contribution is -0.115. The van der Waals surface area contributed by atoms with Crippen molar-refractivity contribution >= 4 is 34.7 Å². The van der Waals surface area contributed by atoms with Gasteiger partial charge in [0.15, 0.2) is 16.7 Å². The zero-order valence-electron chi connectivity index (χ0n) is 15.3. The Labute approximate surface area is 171 Å². The van der Waals surface area contributed by atoms with Gasteiger partial charge in [0.1, 0.15) is 19.5 Å². The fraction of sp³-hybridized carbons (Fsp3) is 0.316. The van der Waals surface area contributed by atoms with E-state index in [1.807, 2.05) is 29.7 Å². The van der Waals surface area contributed by atoms with Crippen molar-refractivity contribution in [1.82, 2.24) is 14.8 Å². The first-order valence-electron chi connectivity index (χ1n) is 8.96. The minimum absolute atomic E-state index is 0.102. The number of carbonyl (C=O) groups excluding carboxylic acids is 1. The maximum Gasteiger partial charge on any atom is 0.237 e. The number of benzene rings is 1. The summed E-state index contributed by atoms with van der Waals surface area (Å²) in [5.74, 6) is 1.25. The van der Waals surface area contributed by atoms with Crippen LogP contribution in [0.1, 0.15) is 11.8 Å². The monoisotopic (exact) mass is 416 g/mol. The van der Waals surface area contributed by atoms with Crippen molar-refractivity contribution in [3.63, 3.8) is 0 Å². The van der Waals surface area contributed by atoms with Gasteiger partial charge in [-0.15, -0.1) is 21.5 Å². The second kappa shape index (κ2) is 8.66. The average Bonchev–Trinajstić information content (AvgIpc) is 3.38. The number of hydrogen-bond acceptors (Lipinski definition) is 7. The molecule has 3 heterocycles. The number of nitrogens with zero attached hydrogens (tertiary/aromatic N) is 3. The Morgan fingerprint density at radius 3 is 3.00 bits per heavy atom. The van der Waals surface area contributed by atoms with Crippen molar-refractivity contribution in [1.29, 1.82) is 0 Å². The molecule has 1 unspecified atom stereocenters. The highest BCUT2D eigenvalue weighted by Crippen LogP contribution is 2.33. The number of carbonyl (C=O) groups is 1. The summed E-state index contributed by atoms with van der Waals surface area (Å²) in [5, 5.41) is 13.6. The van der Waals surface area contributed by atoms with E-state index in [1.54, 1.807) is 23.7 Å². The Morgan fingerprint density at radius 1 is 1.32 bits per heavy atom. The lowest BCUT2D eigenvalue weighted by atomic mass is 10.2. The summed E-state index contributed by atoms with van der Waals surface area (Å²) in [7, 11) is 0. The van der Waals surface area contributed by atoms with Crippen LogP contribution in [-0.4, -0.2) is 39.1 Å². The van der Waals surface area contributed by atoms with Gasteiger partial charge in [-0.3, -0.25) is 4.79 Å². The Morgan fingerprint density at radius 2 is 2.18 bits per heavy atom. The minimum Gasteiger partial charge on any atom is -0.486 e. The van der Waals surface area contributed by atoms with Gasteiger partial charge < -0.3 is 19.4 Å². The van der Waals surface area contributed by atoms with E-state index in [2.05, 4.69) is 27.0 Å². The molecule has 3 aromatic rings. The number of aryl methyl sites for hydroxylation is 2. The highest BCUT2D eigenvalue weighted by atomic mass is 32.2. The van der Waals surface area contributed by atoms with Crippen LogP contribution in [0.2, 0.25) is 0 Å². The smallest absolute Gasteiger partial charge is 0.237 e. The number of fused-ring (bicyclic) bond motifs is 1. The van der Waals surface area contributed by atoms with Crippen LogP contribution < -0.4 is 14.8 Å². The molecule has 1 aliphatic rings. The van der Waals surface area contributed by atoms with Gasteiger partial charge >= 0.3 is 0 Å². The maximum atomic E-state index is 12.6. The number of nitrogens with one attached hydrogen (secondary N) is 1. The van der Waals surface area contributed by atoms with Crippen LogP contribution in [0.25, 0.3) is 0 Å². The number of anilines is 1. The summed E-state index contributed by atoms with van der Waals surface area (Å²) in [4.78, 5) is 13.9. The third kappa shape index (κ3) is 4.48. The number of ether oxygens (including phenoxy) is 2. The number of amides is 1. The van der Waals surface area contributed by atoms with Crippen molar-refractivity contribution in [3.05, 3.63) is 46.9 Å². The molecule has 0 spiro atoms. The van der Waals surface area contributed by atoms with Gasteiger partial charge in [0.2, 0.25) is 5.91 Å². The summed E-state index contributed by atoms with van der Waals surface area (Å²) in [6, 6.07) is 9.57. The van der Waals surface area contributed by atoms with Crippen molar-refractivity contribution in [2.75, 3.05) is 18.5 Å². The van der Waals surface area contributed by atoms with E-state index in [0.717, 1.165) is 18.1 Å². The van der Waals surface area contributed by atoms with Gasteiger partial charge in [-0.1, -0.05) is 17.8 Å². The molecule has 9 heteroatoms. The Kier molecular flexibility index (Phi) is 5.82. The summed E-state index contributed by atoms with van der Waals surface area (Å²) in [6.45, 7) is 3.69. The van der Waals surface area contributed by atoms with Gasteiger partial charge in [0.05, 0.1) is 5.25 Å². The molecule has 1 aromatic carbocycles. The number of thiophene rings is 1. The molecular formula is C19H20N4O3S2. The van der Waals surface area contributed by atoms with Gasteiger partial charge in [-0.2, -0.15) is 0 Å². The number of rotatable bonds is 7. The maximum absolute atomic E-state index is 12.6. The molecule has 28 heavy (non-hydrogen) atoms. The quantitative estimate of drug-likeness (QED) is 0.594. The van der Waals surface area contributed by atoms with Crippen LogP contribution in [0.3, 0.4) is 0 Å². The summed E-state index contributed by atoms with van der Waals surface area (Å²) < 4.78 is 13.1. The number of hydrogen-bond donors (Lipinski definition) is 1. The lowest BCUT2D eigenvalue weighted by Gasteiger charge is -2.19. The van der Waals surface area contributed by atoms with Crippen molar-refractivity contribution in [2.24, 2.45) is 0 Å². The van der Waals surface area contributed by atoms with Crippen LogP contribution in [0.5, 0.6) is 11.5 Å². The Hall–Kier alpha value is -2.52. The SMILES string of the molecule is CC(Sc1nncn1CCc1cccs1)C(=O)Nc1ccc2c(c1)OCCO2. The van der Waals surface area contributed by atoms with Crippen LogP contribution in [0, 0.1) is 0 Å². The molecule has 0 aliphatic carbocycles. The topological polar surface area (TPSA) is 78.3 Å². The van der Waals surface area contributed by atoms with Crippen molar-refractivity contribution in [2.45, 2.75) is 30.3 Å². The summed E-state index contributed by atoms with van der Waals surface area (Å²) >= 11 is 3.13. The molecule has 2 aromatic heterocycles. The third-order valence-electron chi connectivity index (χ3n) is 4.22. The van der Waals surface area contributed by atoms with E-state index in [9.17, 15) is 4.79 Å². The van der Waals surface area contributed by atoms with E-state index in [4.69, 9.17) is 9.47 Å². The molecule has 1 amide bonds. The largest absolute Gasteiger partial charge is 0.486 e. The van der Waals surface area contributed by atoms with Crippen LogP contribution in [0.4, 0.5) is 5.69 Å². The number of thioether (sulfide) groups is 1. The molecule has 1 atom stereocenters. The summed E-state index contributed by atoms with van der Waals surface area (Å²) in [6.07, 6.45) is 2.63. The number of aromatic nitrogens is 3. The van der Waals surface area contributed by atoms with E-state index in [0.29, 0.717) is 30.4 Å². The second-order valence-corrected chi connectivity index (χ2v) is 8.58. The highest BCUT2D eigenvalue weighted by molar-refractivity contribution is 8.00. The first-order valence-corrected chi connectivity index (χ1v) is 10.7. The highest BCUT2D eigenvalue weighted by Gasteiger charge is 2.19. The van der Waals surface area contributed by atoms with Gasteiger partial charge in [0.25, 0.3) is 0 Å². The van der Waals surface area contributed by atoms with Crippen molar-refractivity contribution in [3.8, 4) is 11.5 Å². The normalized spacial score (nSPS) is 13.9. The van der Waals surface area contributed by atoms with E-state index >= 15 is 0 Å². The average molecular weight is 417 g/mol. The van der Waals surface area contributed by atoms with E-state index in [1.165, 1.54) is 16.6 Å². The first kappa shape index (κ1) is 18.8.